The maximum absolute atomic E-state index is 2.66. The number of piperidine rings is 1. The van der Waals surface area contributed by atoms with Gasteiger partial charge in [0.15, 0.2) is 0 Å². The molecule has 0 bridgehead atoms. The number of hydrogen-bond acceptors (Lipinski definition) is 1. The molecule has 0 amide bonds. The molecule has 1 aliphatic rings. The summed E-state index contributed by atoms with van der Waals surface area (Å²) in [6.45, 7) is 7.25. The molecule has 2 heteroatoms. The smallest absolute Gasteiger partial charge is 0.0269 e. The minimum absolute atomic E-state index is 0.588. The van der Waals surface area contributed by atoms with E-state index in [1.165, 1.54) is 25.9 Å². The fourth-order valence-electron chi connectivity index (χ4n) is 1.87. The van der Waals surface area contributed by atoms with Crippen LogP contribution in [0.2, 0.25) is 0 Å². The van der Waals surface area contributed by atoms with E-state index in [0.717, 1.165) is 5.92 Å². The third kappa shape index (κ3) is 2.08. The van der Waals surface area contributed by atoms with Gasteiger partial charge in [0.2, 0.25) is 0 Å². The molecule has 2 atom stereocenters. The lowest BCUT2D eigenvalue weighted by atomic mass is 9.85. The summed E-state index contributed by atoms with van der Waals surface area (Å²) >= 11 is 2.66. The van der Waals surface area contributed by atoms with Crippen LogP contribution in [0, 0.1) is 5.92 Å². The Labute approximate surface area is 83.7 Å². The summed E-state index contributed by atoms with van der Waals surface area (Å²) in [4.78, 5) is 2.44. The summed E-state index contributed by atoms with van der Waals surface area (Å²) in [5.74, 6) is 0.854. The van der Waals surface area contributed by atoms with E-state index in [9.17, 15) is 0 Å². The Morgan fingerprint density at radius 3 is 2.73 bits per heavy atom. The molecule has 0 aliphatic carbocycles. The lowest BCUT2D eigenvalue weighted by Gasteiger charge is -2.41. The van der Waals surface area contributed by atoms with Crippen LogP contribution in [0.25, 0.3) is 0 Å². The maximum atomic E-state index is 2.66. The first-order chi connectivity index (χ1) is 5.08. The molecule has 0 unspecified atom stereocenters. The van der Waals surface area contributed by atoms with Crippen LogP contribution in [0.3, 0.4) is 0 Å². The third-order valence-electron chi connectivity index (χ3n) is 2.97. The highest BCUT2D eigenvalue weighted by atomic mass is 127. The van der Waals surface area contributed by atoms with Crippen molar-refractivity contribution in [3.8, 4) is 0 Å². The molecular weight excluding hydrogens is 249 g/mol. The zero-order chi connectivity index (χ0) is 8.48. The van der Waals surface area contributed by atoms with Crippen molar-refractivity contribution in [2.75, 3.05) is 20.1 Å². The summed E-state index contributed by atoms with van der Waals surface area (Å²) < 4.78 is 0.588. The zero-order valence-electron chi connectivity index (χ0n) is 7.73. The normalized spacial score (nSPS) is 40.9. The number of alkyl halides is 1. The SMILES string of the molecule is CC[C@@]1(I)CCN(C)C[C@@H]1C. The Kier molecular flexibility index (Phi) is 3.20. The van der Waals surface area contributed by atoms with Crippen LogP contribution < -0.4 is 0 Å². The molecule has 1 heterocycles. The van der Waals surface area contributed by atoms with E-state index in [1.54, 1.807) is 0 Å². The Morgan fingerprint density at radius 1 is 1.64 bits per heavy atom. The molecule has 66 valence electrons. The van der Waals surface area contributed by atoms with Crippen LogP contribution >= 0.6 is 22.6 Å². The van der Waals surface area contributed by atoms with Crippen molar-refractivity contribution in [3.63, 3.8) is 0 Å². The van der Waals surface area contributed by atoms with Crippen molar-refractivity contribution < 1.29 is 0 Å². The van der Waals surface area contributed by atoms with Crippen LogP contribution in [0.4, 0.5) is 0 Å². The largest absolute Gasteiger partial charge is 0.306 e. The van der Waals surface area contributed by atoms with E-state index in [2.05, 4.69) is 48.4 Å². The molecule has 1 fully saturated rings. The number of nitrogens with zero attached hydrogens (tertiary/aromatic N) is 1. The molecule has 0 saturated carbocycles. The molecule has 1 aliphatic heterocycles. The summed E-state index contributed by atoms with van der Waals surface area (Å²) in [6.07, 6.45) is 2.68. The van der Waals surface area contributed by atoms with Crippen molar-refractivity contribution in [1.82, 2.24) is 4.90 Å². The minimum atomic E-state index is 0.588. The van der Waals surface area contributed by atoms with Gasteiger partial charge in [-0.1, -0.05) is 36.4 Å². The van der Waals surface area contributed by atoms with Gasteiger partial charge in [-0.15, -0.1) is 0 Å². The number of hydrogen-bond donors (Lipinski definition) is 0. The second-order valence-corrected chi connectivity index (χ2v) is 5.95. The Hall–Kier alpha value is 0.690. The molecule has 11 heavy (non-hydrogen) atoms. The molecule has 1 saturated heterocycles. The van der Waals surface area contributed by atoms with Gasteiger partial charge in [0.05, 0.1) is 0 Å². The second kappa shape index (κ2) is 3.60. The van der Waals surface area contributed by atoms with E-state index >= 15 is 0 Å². The van der Waals surface area contributed by atoms with E-state index in [4.69, 9.17) is 0 Å². The van der Waals surface area contributed by atoms with Crippen molar-refractivity contribution >= 4 is 22.6 Å². The lowest BCUT2D eigenvalue weighted by Crippen LogP contribution is -2.45. The average molecular weight is 267 g/mol. The van der Waals surface area contributed by atoms with E-state index in [0.29, 0.717) is 3.42 Å². The maximum Gasteiger partial charge on any atom is 0.0269 e. The molecule has 0 aromatic carbocycles. The van der Waals surface area contributed by atoms with Gasteiger partial charge in [0, 0.05) is 9.97 Å². The summed E-state index contributed by atoms with van der Waals surface area (Å²) in [5, 5.41) is 0. The predicted octanol–water partition coefficient (Wildman–Crippen LogP) is 2.54. The first kappa shape index (κ1) is 9.78. The van der Waals surface area contributed by atoms with Gasteiger partial charge in [-0.25, -0.2) is 0 Å². The molecule has 0 radical (unpaired) electrons. The standard InChI is InChI=1S/C9H18IN/c1-4-9(10)5-6-11(3)7-8(9)2/h8H,4-7H2,1-3H3/t8-,9+/m0/s1. The van der Waals surface area contributed by atoms with Crippen LogP contribution in [0.1, 0.15) is 26.7 Å². The quantitative estimate of drug-likeness (QED) is 0.521. The monoisotopic (exact) mass is 267 g/mol. The zero-order valence-corrected chi connectivity index (χ0v) is 9.89. The Morgan fingerprint density at radius 2 is 2.27 bits per heavy atom. The van der Waals surface area contributed by atoms with Gasteiger partial charge in [-0.2, -0.15) is 0 Å². The van der Waals surface area contributed by atoms with Gasteiger partial charge in [-0.05, 0) is 32.4 Å². The number of halogens is 1. The minimum Gasteiger partial charge on any atom is -0.306 e. The molecule has 0 spiro atoms. The summed E-state index contributed by atoms with van der Waals surface area (Å²) in [5.41, 5.74) is 0. The summed E-state index contributed by atoms with van der Waals surface area (Å²) in [6, 6.07) is 0. The van der Waals surface area contributed by atoms with Gasteiger partial charge in [0.25, 0.3) is 0 Å². The molecule has 0 aromatic rings. The predicted molar refractivity (Wildman–Crippen MR) is 58.3 cm³/mol. The Bertz CT molecular complexity index is 138. The lowest BCUT2D eigenvalue weighted by molar-refractivity contribution is 0.183. The second-order valence-electron chi connectivity index (χ2n) is 3.80. The Balaban J connectivity index is 2.56. The van der Waals surface area contributed by atoms with Crippen LogP contribution in [0.5, 0.6) is 0 Å². The van der Waals surface area contributed by atoms with Gasteiger partial charge in [-0.3, -0.25) is 0 Å². The van der Waals surface area contributed by atoms with Crippen molar-refractivity contribution in [2.45, 2.75) is 30.1 Å². The summed E-state index contributed by atoms with van der Waals surface area (Å²) in [7, 11) is 2.22. The van der Waals surface area contributed by atoms with Crippen molar-refractivity contribution in [1.29, 1.82) is 0 Å². The highest BCUT2D eigenvalue weighted by molar-refractivity contribution is 14.1. The van der Waals surface area contributed by atoms with Gasteiger partial charge in [0.1, 0.15) is 0 Å². The third-order valence-corrected chi connectivity index (χ3v) is 5.33. The number of likely N-dealkylation sites (tertiary alicyclic amines) is 1. The van der Waals surface area contributed by atoms with Crippen LogP contribution in [-0.4, -0.2) is 28.5 Å². The molecule has 1 nitrogen and oxygen atoms in total. The van der Waals surface area contributed by atoms with Crippen LogP contribution in [0.15, 0.2) is 0 Å². The van der Waals surface area contributed by atoms with Gasteiger partial charge >= 0.3 is 0 Å². The first-order valence-corrected chi connectivity index (χ1v) is 5.54. The number of rotatable bonds is 1. The van der Waals surface area contributed by atoms with E-state index in [-0.39, 0.29) is 0 Å². The average Bonchev–Trinajstić information content (AvgIpc) is 1.98. The highest BCUT2D eigenvalue weighted by Gasteiger charge is 2.35. The molecule has 1 rings (SSSR count). The van der Waals surface area contributed by atoms with Crippen molar-refractivity contribution in [2.24, 2.45) is 5.92 Å². The van der Waals surface area contributed by atoms with Gasteiger partial charge < -0.3 is 4.90 Å². The molecule has 0 aromatic heterocycles. The van der Waals surface area contributed by atoms with Crippen LogP contribution in [-0.2, 0) is 0 Å². The fourth-order valence-corrected chi connectivity index (χ4v) is 2.31. The fraction of sp³-hybridized carbons (Fsp3) is 1.00. The molecule has 0 N–H and O–H groups in total. The first-order valence-electron chi connectivity index (χ1n) is 4.46. The van der Waals surface area contributed by atoms with Crippen molar-refractivity contribution in [3.05, 3.63) is 0 Å². The topological polar surface area (TPSA) is 3.24 Å². The molecular formula is C9H18IN. The highest BCUT2D eigenvalue weighted by Crippen LogP contribution is 2.38. The van der Waals surface area contributed by atoms with E-state index < -0.39 is 0 Å². The van der Waals surface area contributed by atoms with E-state index in [1.807, 2.05) is 0 Å².